The number of oxazole rings is 2. The molecule has 3 fully saturated rings. The number of nitrogens with zero attached hydrogens (tertiary/aromatic N) is 18. The largest absolute Gasteiger partial charge is 0.494 e. The summed E-state index contributed by atoms with van der Waals surface area (Å²) in [5.74, 6) is -1.28. The Hall–Kier alpha value is -11.8. The summed E-state index contributed by atoms with van der Waals surface area (Å²) in [7, 11) is 6.96. The van der Waals surface area contributed by atoms with Gasteiger partial charge in [0.2, 0.25) is 9.23 Å². The Morgan fingerprint density at radius 2 is 0.734 bits per heavy atom. The second-order valence-corrected chi connectivity index (χ2v) is 39.0. The van der Waals surface area contributed by atoms with Crippen LogP contribution in [0.4, 0.5) is 12.0 Å². The number of benzene rings is 9. The summed E-state index contributed by atoms with van der Waals surface area (Å²) in [4.78, 5) is 127. The van der Waals surface area contributed by atoms with Gasteiger partial charge in [-0.1, -0.05) is 138 Å². The molecule has 18 aromatic rings. The van der Waals surface area contributed by atoms with E-state index in [0.717, 1.165) is 98.8 Å². The van der Waals surface area contributed by atoms with Gasteiger partial charge in [-0.2, -0.15) is 9.97 Å². The Morgan fingerprint density at radius 1 is 0.424 bits per heavy atom. The topological polar surface area (TPSA) is 451 Å². The quantitative estimate of drug-likeness (QED) is 0.0550. The summed E-state index contributed by atoms with van der Waals surface area (Å²) < 4.78 is 47.8. The molecule has 5 N–H and O–H groups in total. The smallest absolute Gasteiger partial charge is 0.476 e. The lowest BCUT2D eigenvalue weighted by molar-refractivity contribution is 0.00578. The second-order valence-electron chi connectivity index (χ2n) is 30.2. The number of halogens is 10. The number of carbonyl (C=O) groups excluding carboxylic acids is 4. The number of fused-ring (bicyclic) bond motifs is 9. The van der Waals surface area contributed by atoms with Gasteiger partial charge in [0, 0.05) is 74.4 Å². The molecule has 45 heteroatoms. The maximum absolute atomic E-state index is 12.7. The number of aromatic nitrogens is 16. The molecular formula is C94H77BBr6Cl4N20O13S. The Kier molecular flexibility index (Phi) is 38.1. The number of morpholine rings is 2. The molecule has 3 aliphatic heterocycles. The first kappa shape index (κ1) is 106. The van der Waals surface area contributed by atoms with Crippen LogP contribution in [0.1, 0.15) is 92.8 Å². The summed E-state index contributed by atoms with van der Waals surface area (Å²) in [6.45, 7) is 21.6. The third-order valence-electron chi connectivity index (χ3n) is 20.1. The fraction of sp³-hybridized carbons (Fsp3) is 0.160. The van der Waals surface area contributed by atoms with Crippen molar-refractivity contribution in [2.75, 3.05) is 64.1 Å². The van der Waals surface area contributed by atoms with E-state index in [0.29, 0.717) is 131 Å². The van der Waals surface area contributed by atoms with Gasteiger partial charge in [-0.15, -0.1) is 6.58 Å². The number of amides is 2. The van der Waals surface area contributed by atoms with Gasteiger partial charge >= 0.3 is 13.1 Å². The van der Waals surface area contributed by atoms with Crippen molar-refractivity contribution < 1.29 is 60.9 Å². The van der Waals surface area contributed by atoms with Crippen molar-refractivity contribution in [3.05, 3.63) is 293 Å². The van der Waals surface area contributed by atoms with E-state index < -0.39 is 27.6 Å². The maximum Gasteiger partial charge on any atom is 0.494 e. The van der Waals surface area contributed by atoms with Crippen molar-refractivity contribution in [2.45, 2.75) is 45.8 Å². The molecule has 0 spiro atoms. The number of aromatic carboxylic acids is 1. The van der Waals surface area contributed by atoms with Crippen LogP contribution in [0, 0.1) is 0 Å². The molecule has 0 unspecified atom stereocenters. The lowest BCUT2D eigenvalue weighted by Gasteiger charge is -2.32. The molecule has 21 rings (SSSR count). The van der Waals surface area contributed by atoms with Crippen LogP contribution >= 0.6 is 140 Å². The molecule has 33 nitrogen and oxygen atoms in total. The molecule has 0 aliphatic carbocycles. The third kappa shape index (κ3) is 29.9. The van der Waals surface area contributed by atoms with Crippen LogP contribution in [-0.2, 0) is 28.0 Å². The van der Waals surface area contributed by atoms with Crippen LogP contribution < -0.4 is 16.9 Å². The van der Waals surface area contributed by atoms with Crippen molar-refractivity contribution in [2.24, 2.45) is 0 Å². The lowest BCUT2D eigenvalue weighted by Crippen LogP contribution is -2.41. The number of nitrogens with two attached hydrogens (primary N) is 2. The first-order chi connectivity index (χ1) is 66.5. The van der Waals surface area contributed by atoms with Crippen LogP contribution in [0.3, 0.4) is 0 Å². The van der Waals surface area contributed by atoms with Crippen molar-refractivity contribution in [3.8, 4) is 11.1 Å². The Bertz CT molecular complexity index is 7380. The van der Waals surface area contributed by atoms with Crippen molar-refractivity contribution in [1.82, 2.24) is 89.5 Å². The highest BCUT2D eigenvalue weighted by Crippen LogP contribution is 2.37. The van der Waals surface area contributed by atoms with E-state index in [2.05, 4.69) is 210 Å². The SMILES string of the molecule is C=CC.C=Cc1cnc2ccc(Br)cc2n1.CC1(C)OB(c2ccc3oc(N)nc3c2)OC1(C)C.Clc1cnc2ccc(Br)cc2n1.Nc1nc2cc(-c3ccc4ncc(C(=O)N5CCOCC5)nc4c3)ccc2o1.O=C(Cl)c1cnc2ccc(Br)cc2n1.O=C(O)c1cnc2ccc(Br)cc2n1.O=C(c1cnc2ccc(Br)cc2n1)N1CCOCC1.O=Cc1cnc2ccc(Br)cc2n1.O=S(Cl)Cl. The number of ether oxygens (including phenoxy) is 2. The first-order valence-electron chi connectivity index (χ1n) is 41.2. The Balaban J connectivity index is 0.000000143. The number of carboxylic acids is 1. The van der Waals surface area contributed by atoms with E-state index in [-0.39, 0.29) is 46.4 Å². The second kappa shape index (κ2) is 49.9. The van der Waals surface area contributed by atoms with Gasteiger partial charge in [-0.3, -0.25) is 54.1 Å². The zero-order chi connectivity index (χ0) is 99.8. The standard InChI is InChI=1S/C20H17N5O3.C13H17BN2O3.C13H12BrN3O2.C10H7BrN2.C9H4BrClN2O.C9H5BrN2O2.C9H5BrN2O.C8H4BrClN2.C3H6.Cl2OS/c21-20-24-16-10-13(2-4-18(16)28-20)12-1-3-14-15(9-12)23-17(11-22-14)19(26)25-5-7-27-8-6-25;1-12(2)13(3,4)19-14(18-12)8-5-6-10-9(7-8)16-11(15)17-10;14-9-1-2-10-11(7-9)16-12(8-15-10)13(18)17-3-5-19-6-4-17;1-2-8-6-12-9-4-3-7(11)5-10(9)13-8;10-5-1-2-6-7(3-5)13-8(4-12-6)9(11)14;10-5-1-2-6-7(3-5)12-8(4-11-6)9(13)14;10-6-1-2-8-9(3-6)12-7(5-13)4-11-8;9-5-1-2-6-7(3-5)12-8(10)4-11-6;1-3-2;1-4(2)3/h1-4,9-11H,5-8H2,(H2,21,24);5-7H,1-4H3,(H2,15,16);1-2,7-8H,3-6H2;2-6H,1H2;1-4H;1-4H,(H,13,14);1-5H;1-4H;3H,1H2,2H3;. The lowest BCUT2D eigenvalue weighted by atomic mass is 9.79. The minimum atomic E-state index is -1.67. The summed E-state index contributed by atoms with van der Waals surface area (Å²) in [5, 5.41) is 8.52. The van der Waals surface area contributed by atoms with Crippen molar-refractivity contribution in [1.29, 1.82) is 0 Å². The highest BCUT2D eigenvalue weighted by molar-refractivity contribution is 9.11. The van der Waals surface area contributed by atoms with Crippen LogP contribution in [0.25, 0.3) is 117 Å². The van der Waals surface area contributed by atoms with Gasteiger partial charge in [0.25, 0.3) is 29.1 Å². The van der Waals surface area contributed by atoms with Gasteiger partial charge in [-0.05, 0) is 214 Å². The average Bonchev–Trinajstić information content (AvgIpc) is 1.61. The van der Waals surface area contributed by atoms with E-state index in [1.54, 1.807) is 46.3 Å². The molecule has 710 valence electrons. The fourth-order valence-corrected chi connectivity index (χ4v) is 15.1. The summed E-state index contributed by atoms with van der Waals surface area (Å²) >= 11 is 31.0. The average molecular weight is 2360 g/mol. The van der Waals surface area contributed by atoms with E-state index in [9.17, 15) is 24.0 Å². The van der Waals surface area contributed by atoms with Gasteiger partial charge in [0.1, 0.15) is 39.0 Å². The number of nitrogen functional groups attached to an aromatic ring is 2. The van der Waals surface area contributed by atoms with E-state index in [1.807, 2.05) is 180 Å². The summed E-state index contributed by atoms with van der Waals surface area (Å²) in [6.07, 6.45) is 14.5. The number of carboxylic acid groups (broad SMARTS) is 1. The molecule has 0 bridgehead atoms. The van der Waals surface area contributed by atoms with Gasteiger partial charge < -0.3 is 54.0 Å². The molecular weight excluding hydrogens is 2280 g/mol. The van der Waals surface area contributed by atoms with Crippen LogP contribution in [0.2, 0.25) is 5.15 Å². The molecule has 0 radical (unpaired) electrons. The molecule has 3 saturated heterocycles. The molecule has 9 aromatic carbocycles. The zero-order valence-corrected chi connectivity index (χ0v) is 87.1. The highest BCUT2D eigenvalue weighted by atomic mass is 79.9. The van der Waals surface area contributed by atoms with E-state index >= 15 is 0 Å². The van der Waals surface area contributed by atoms with E-state index in [4.69, 9.17) is 71.6 Å². The molecule has 12 heterocycles. The third-order valence-corrected chi connectivity index (χ3v) is 23.4. The number of allylic oxidation sites excluding steroid dienone is 1. The van der Waals surface area contributed by atoms with Crippen LogP contribution in [-0.4, -0.2) is 199 Å². The van der Waals surface area contributed by atoms with E-state index in [1.165, 1.54) is 37.2 Å². The number of rotatable bonds is 8. The number of hydrogen-bond donors (Lipinski definition) is 3. The predicted molar refractivity (Wildman–Crippen MR) is 561 cm³/mol. The van der Waals surface area contributed by atoms with Gasteiger partial charge in [-0.25, -0.2) is 43.9 Å². The molecule has 139 heavy (non-hydrogen) atoms. The highest BCUT2D eigenvalue weighted by Gasteiger charge is 2.52. The number of anilines is 2. The Labute approximate surface area is 864 Å². The number of carbonyl (C=O) groups is 5. The van der Waals surface area contributed by atoms with Gasteiger partial charge in [0.15, 0.2) is 23.1 Å². The maximum atomic E-state index is 12.7. The minimum absolute atomic E-state index is 0.0457. The fourth-order valence-electron chi connectivity index (χ4n) is 12.7. The number of aldehydes is 1. The molecule has 3 aliphatic rings. The summed E-state index contributed by atoms with van der Waals surface area (Å²) in [6, 6.07) is 50.9. The Morgan fingerprint density at radius 3 is 1.13 bits per heavy atom. The van der Waals surface area contributed by atoms with Crippen molar-refractivity contribution in [3.63, 3.8) is 0 Å². The monoisotopic (exact) mass is 2350 g/mol. The molecule has 0 atom stereocenters. The summed E-state index contributed by atoms with van der Waals surface area (Å²) in [5.41, 5.74) is 28.4. The first-order valence-corrected chi connectivity index (χ1v) is 49.5. The molecule has 9 aromatic heterocycles. The predicted octanol–water partition coefficient (Wildman–Crippen LogP) is 21.4. The van der Waals surface area contributed by atoms with Gasteiger partial charge in [0.05, 0.1) is 164 Å². The molecule has 2 amide bonds. The van der Waals surface area contributed by atoms with Crippen molar-refractivity contribution >= 4 is 309 Å². The number of hydrogen-bond acceptors (Lipinski definition) is 30. The van der Waals surface area contributed by atoms with Crippen LogP contribution in [0.5, 0.6) is 0 Å². The molecule has 0 saturated carbocycles. The zero-order valence-electron chi connectivity index (χ0n) is 73.7. The minimum Gasteiger partial charge on any atom is -0.476 e. The van der Waals surface area contributed by atoms with Crippen LogP contribution in [0.15, 0.2) is 262 Å². The normalized spacial score (nSPS) is 13.3.